The Labute approximate surface area is 311 Å². The van der Waals surface area contributed by atoms with Gasteiger partial charge in [0, 0.05) is 21.8 Å². The van der Waals surface area contributed by atoms with Crippen molar-refractivity contribution in [2.45, 2.75) is 37.5 Å². The minimum absolute atomic E-state index is 0.155. The molecule has 0 radical (unpaired) electrons. The molecular weight excluding hydrogens is 639 g/mol. The first-order chi connectivity index (χ1) is 26.3. The highest BCUT2D eigenvalue weighted by molar-refractivity contribution is 6.17. The summed E-state index contributed by atoms with van der Waals surface area (Å²) in [6, 6.07) is 61.7. The molecule has 1 aromatic heterocycles. The Hall–Kier alpha value is -5.66. The molecule has 0 amide bonds. The summed E-state index contributed by atoms with van der Waals surface area (Å²) in [4.78, 5) is 0. The summed E-state index contributed by atoms with van der Waals surface area (Å²) in [7, 11) is 0. The van der Waals surface area contributed by atoms with Crippen LogP contribution in [-0.2, 0) is 5.41 Å². The zero-order chi connectivity index (χ0) is 34.7. The quantitative estimate of drug-likeness (QED) is 0.174. The van der Waals surface area contributed by atoms with Crippen molar-refractivity contribution < 1.29 is 0 Å². The molecule has 53 heavy (non-hydrogen) atoms. The molecule has 254 valence electrons. The number of fused-ring (bicyclic) bond motifs is 6. The molecule has 5 aliphatic carbocycles. The van der Waals surface area contributed by atoms with E-state index < -0.39 is 0 Å². The molecule has 0 atom stereocenters. The summed E-state index contributed by atoms with van der Waals surface area (Å²) in [5.74, 6) is 3.38. The van der Waals surface area contributed by atoms with Gasteiger partial charge < -0.3 is 4.57 Å². The zero-order valence-electron chi connectivity index (χ0n) is 29.9. The van der Waals surface area contributed by atoms with Gasteiger partial charge in [0.1, 0.15) is 0 Å². The lowest BCUT2D eigenvalue weighted by molar-refractivity contribution is -0.0399. The van der Waals surface area contributed by atoms with Crippen LogP contribution in [0.15, 0.2) is 164 Å². The lowest BCUT2D eigenvalue weighted by Gasteiger charge is -2.61. The second-order valence-corrected chi connectivity index (χ2v) is 16.5. The fourth-order valence-electron chi connectivity index (χ4n) is 12.3. The smallest absolute Gasteiger partial charge is 0.0547 e. The second-order valence-electron chi connectivity index (χ2n) is 16.5. The van der Waals surface area contributed by atoms with Gasteiger partial charge in [-0.25, -0.2) is 0 Å². The highest BCUT2D eigenvalue weighted by Crippen LogP contribution is 2.70. The number of hydrogen-bond acceptors (Lipinski definition) is 0. The molecule has 1 heteroatoms. The van der Waals surface area contributed by atoms with E-state index in [1.807, 2.05) is 0 Å². The van der Waals surface area contributed by atoms with Gasteiger partial charge in [-0.3, -0.25) is 0 Å². The van der Waals surface area contributed by atoms with E-state index in [-0.39, 0.29) is 5.41 Å². The Morgan fingerprint density at radius 3 is 1.81 bits per heavy atom. The van der Waals surface area contributed by atoms with Crippen molar-refractivity contribution >= 4 is 21.8 Å². The van der Waals surface area contributed by atoms with Gasteiger partial charge >= 0.3 is 0 Å². The first kappa shape index (κ1) is 29.9. The third kappa shape index (κ3) is 4.09. The zero-order valence-corrected chi connectivity index (χ0v) is 29.9. The first-order valence-electron chi connectivity index (χ1n) is 19.8. The number of aromatic nitrogens is 1. The summed E-state index contributed by atoms with van der Waals surface area (Å²) >= 11 is 0. The molecule has 5 aliphatic rings. The summed E-state index contributed by atoms with van der Waals surface area (Å²) < 4.78 is 2.53. The normalized spacial score (nSPS) is 23.5. The maximum atomic E-state index is 2.53. The number of benzene rings is 7. The van der Waals surface area contributed by atoms with E-state index in [4.69, 9.17) is 0 Å². The van der Waals surface area contributed by atoms with Crippen LogP contribution < -0.4 is 0 Å². The number of para-hydroxylation sites is 1. The second kappa shape index (κ2) is 11.2. The van der Waals surface area contributed by atoms with Crippen molar-refractivity contribution in [2.24, 2.45) is 23.7 Å². The summed E-state index contributed by atoms with van der Waals surface area (Å²) in [6.07, 6.45) is 7.09. The van der Waals surface area contributed by atoms with Gasteiger partial charge in [0.05, 0.1) is 16.7 Å². The van der Waals surface area contributed by atoms with Gasteiger partial charge in [-0.15, -0.1) is 0 Å². The Morgan fingerprint density at radius 2 is 1.02 bits per heavy atom. The Bertz CT molecular complexity index is 2700. The minimum atomic E-state index is 0.155. The monoisotopic (exact) mass is 679 g/mol. The van der Waals surface area contributed by atoms with Crippen molar-refractivity contribution in [3.05, 3.63) is 175 Å². The van der Waals surface area contributed by atoms with Gasteiger partial charge in [-0.05, 0) is 130 Å². The number of hydrogen-bond donors (Lipinski definition) is 0. The molecule has 0 saturated heterocycles. The highest BCUT2D eigenvalue weighted by atomic mass is 15.0. The Balaban J connectivity index is 1.12. The predicted octanol–water partition coefficient (Wildman–Crippen LogP) is 13.5. The van der Waals surface area contributed by atoms with Crippen molar-refractivity contribution in [3.63, 3.8) is 0 Å². The van der Waals surface area contributed by atoms with Crippen LogP contribution in [0.4, 0.5) is 0 Å². The van der Waals surface area contributed by atoms with Crippen LogP contribution in [-0.4, -0.2) is 4.57 Å². The van der Waals surface area contributed by atoms with Gasteiger partial charge in [0.25, 0.3) is 0 Å². The lowest BCUT2D eigenvalue weighted by Crippen LogP contribution is -2.55. The van der Waals surface area contributed by atoms with Crippen LogP contribution >= 0.6 is 0 Å². The average molecular weight is 680 g/mol. The molecule has 0 unspecified atom stereocenters. The molecule has 1 nitrogen and oxygen atoms in total. The lowest BCUT2D eigenvalue weighted by atomic mass is 9.43. The van der Waals surface area contributed by atoms with E-state index in [1.54, 1.807) is 11.1 Å². The third-order valence-electron chi connectivity index (χ3n) is 14.0. The molecule has 4 saturated carbocycles. The molecule has 7 aromatic carbocycles. The van der Waals surface area contributed by atoms with E-state index >= 15 is 0 Å². The number of nitrogens with zero attached hydrogens (tertiary/aromatic N) is 1. The third-order valence-corrected chi connectivity index (χ3v) is 14.0. The molecular formula is C52H41N. The Kier molecular flexibility index (Phi) is 6.30. The average Bonchev–Trinajstić information content (AvgIpc) is 3.71. The summed E-state index contributed by atoms with van der Waals surface area (Å²) in [5, 5.41) is 2.64. The fourth-order valence-corrected chi connectivity index (χ4v) is 12.3. The van der Waals surface area contributed by atoms with Crippen LogP contribution in [0, 0.1) is 23.7 Å². The SMILES string of the molecule is c1ccc(-c2ccc(-n3c4ccccc4c4c(-c5cccc6c5-c5ccccc5C65C6CC7CC(C6)CC5C7)cccc43)c(-c3ccccc3)c2)cc1. The Morgan fingerprint density at radius 1 is 0.415 bits per heavy atom. The highest BCUT2D eigenvalue weighted by Gasteiger charge is 2.61. The van der Waals surface area contributed by atoms with Crippen molar-refractivity contribution in [3.8, 4) is 50.2 Å². The maximum Gasteiger partial charge on any atom is 0.0547 e. The van der Waals surface area contributed by atoms with Crippen LogP contribution in [0.2, 0.25) is 0 Å². The molecule has 1 spiro atoms. The van der Waals surface area contributed by atoms with Crippen LogP contribution in [0.5, 0.6) is 0 Å². The minimum Gasteiger partial charge on any atom is -0.309 e. The first-order valence-corrected chi connectivity index (χ1v) is 19.8. The van der Waals surface area contributed by atoms with Crippen molar-refractivity contribution in [1.29, 1.82) is 0 Å². The van der Waals surface area contributed by atoms with E-state index in [9.17, 15) is 0 Å². The maximum absolute atomic E-state index is 2.53. The van der Waals surface area contributed by atoms with Crippen molar-refractivity contribution in [1.82, 2.24) is 4.57 Å². The summed E-state index contributed by atoms with van der Waals surface area (Å²) in [6.45, 7) is 0. The van der Waals surface area contributed by atoms with Gasteiger partial charge in [-0.2, -0.15) is 0 Å². The fraction of sp³-hybridized carbons (Fsp3) is 0.192. The van der Waals surface area contributed by atoms with Crippen LogP contribution in [0.3, 0.4) is 0 Å². The molecule has 1 heterocycles. The summed E-state index contributed by atoms with van der Waals surface area (Å²) in [5.41, 5.74) is 17.7. The topological polar surface area (TPSA) is 4.93 Å². The van der Waals surface area contributed by atoms with E-state index in [0.717, 1.165) is 23.7 Å². The van der Waals surface area contributed by atoms with Gasteiger partial charge in [0.15, 0.2) is 0 Å². The van der Waals surface area contributed by atoms with Crippen LogP contribution in [0.25, 0.3) is 72.0 Å². The number of rotatable bonds is 4. The molecule has 8 aromatic rings. The molecule has 4 fully saturated rings. The van der Waals surface area contributed by atoms with Gasteiger partial charge in [0.2, 0.25) is 0 Å². The largest absolute Gasteiger partial charge is 0.309 e. The molecule has 13 rings (SSSR count). The molecule has 4 bridgehead atoms. The van der Waals surface area contributed by atoms with E-state index in [0.29, 0.717) is 0 Å². The van der Waals surface area contributed by atoms with Gasteiger partial charge in [-0.1, -0.05) is 140 Å². The standard InChI is InChI=1S/C52H41N/c1-3-13-35(14-4-1)37-25-26-48(44(32-37)36-15-5-2-6-16-36)53-47-23-10-8-18-43(47)51-41(20-12-24-49(51)53)40-19-11-22-46-50(40)42-17-7-9-21-45(42)52(46)38-28-33-27-34(30-38)31-39(52)29-33/h1-26,32-34,38-39H,27-31H2. The van der Waals surface area contributed by atoms with E-state index in [2.05, 4.69) is 168 Å². The van der Waals surface area contributed by atoms with Crippen molar-refractivity contribution in [2.75, 3.05) is 0 Å². The molecule has 0 N–H and O–H groups in total. The van der Waals surface area contributed by atoms with Crippen LogP contribution in [0.1, 0.15) is 43.2 Å². The molecule has 0 aliphatic heterocycles. The van der Waals surface area contributed by atoms with E-state index in [1.165, 1.54) is 104 Å². The predicted molar refractivity (Wildman–Crippen MR) is 220 cm³/mol.